The van der Waals surface area contributed by atoms with Crippen LogP contribution in [0.5, 0.6) is 0 Å². The van der Waals surface area contributed by atoms with Crippen molar-refractivity contribution in [1.29, 1.82) is 0 Å². The summed E-state index contributed by atoms with van der Waals surface area (Å²) in [5, 5.41) is 0. The lowest BCUT2D eigenvalue weighted by Gasteiger charge is -2.15. The third-order valence-corrected chi connectivity index (χ3v) is 1.88. The van der Waals surface area contributed by atoms with Gasteiger partial charge in [-0.25, -0.2) is 0 Å². The Labute approximate surface area is 80.0 Å². The van der Waals surface area contributed by atoms with Gasteiger partial charge in [-0.05, 0) is 18.6 Å². The Hall–Kier alpha value is -0.440. The zero-order chi connectivity index (χ0) is 9.40. The summed E-state index contributed by atoms with van der Waals surface area (Å²) < 4.78 is 0. The van der Waals surface area contributed by atoms with Gasteiger partial charge in [0.15, 0.2) is 0 Å². The van der Waals surface area contributed by atoms with Gasteiger partial charge in [-0.1, -0.05) is 6.08 Å². The number of rotatable bonds is 6. The van der Waals surface area contributed by atoms with Crippen LogP contribution >= 0.6 is 12.6 Å². The summed E-state index contributed by atoms with van der Waals surface area (Å²) >= 11 is 4.00. The van der Waals surface area contributed by atoms with E-state index in [2.05, 4.69) is 19.2 Å². The van der Waals surface area contributed by atoms with Gasteiger partial charge in [0.1, 0.15) is 0 Å². The van der Waals surface area contributed by atoms with Crippen LogP contribution in [0.1, 0.15) is 19.3 Å². The molecule has 0 aliphatic rings. The molecule has 0 aromatic heterocycles. The van der Waals surface area contributed by atoms with Gasteiger partial charge in [0.2, 0.25) is 5.91 Å². The van der Waals surface area contributed by atoms with Gasteiger partial charge in [-0.3, -0.25) is 4.79 Å². The highest BCUT2D eigenvalue weighted by atomic mass is 32.1. The SMILES string of the molecule is C=CCCCN(C)C(=O)CCS. The molecule has 0 unspecified atom stereocenters. The van der Waals surface area contributed by atoms with E-state index in [1.54, 1.807) is 4.90 Å². The Balaban J connectivity index is 3.49. The molecule has 0 saturated carbocycles. The monoisotopic (exact) mass is 187 g/mol. The minimum absolute atomic E-state index is 0.175. The minimum atomic E-state index is 0.175. The number of amides is 1. The van der Waals surface area contributed by atoms with E-state index in [1.807, 2.05) is 13.1 Å². The maximum absolute atomic E-state index is 11.2. The summed E-state index contributed by atoms with van der Waals surface area (Å²) in [5.41, 5.74) is 0. The van der Waals surface area contributed by atoms with Crippen molar-refractivity contribution in [3.63, 3.8) is 0 Å². The summed E-state index contributed by atoms with van der Waals surface area (Å²) in [6, 6.07) is 0. The van der Waals surface area contributed by atoms with Crippen molar-refractivity contribution in [3.8, 4) is 0 Å². The molecule has 0 aliphatic heterocycles. The Morgan fingerprint density at radius 1 is 1.67 bits per heavy atom. The highest BCUT2D eigenvalue weighted by Gasteiger charge is 2.05. The summed E-state index contributed by atoms with van der Waals surface area (Å²) in [7, 11) is 1.83. The number of unbranched alkanes of at least 4 members (excludes halogenated alkanes) is 1. The fraction of sp³-hybridized carbons (Fsp3) is 0.667. The van der Waals surface area contributed by atoms with Crippen LogP contribution in [0.25, 0.3) is 0 Å². The number of nitrogens with zero attached hydrogens (tertiary/aromatic N) is 1. The van der Waals surface area contributed by atoms with E-state index >= 15 is 0 Å². The molecule has 1 amide bonds. The third-order valence-electron chi connectivity index (χ3n) is 1.65. The van der Waals surface area contributed by atoms with Gasteiger partial charge in [0.25, 0.3) is 0 Å². The van der Waals surface area contributed by atoms with E-state index in [0.717, 1.165) is 19.4 Å². The summed E-state index contributed by atoms with van der Waals surface area (Å²) in [5.74, 6) is 0.805. The molecule has 12 heavy (non-hydrogen) atoms. The molecule has 0 radical (unpaired) electrons. The van der Waals surface area contributed by atoms with Crippen LogP contribution in [0.4, 0.5) is 0 Å². The van der Waals surface area contributed by atoms with Crippen LogP contribution in [0.2, 0.25) is 0 Å². The summed E-state index contributed by atoms with van der Waals surface area (Å²) in [4.78, 5) is 12.9. The zero-order valence-corrected chi connectivity index (χ0v) is 8.52. The van der Waals surface area contributed by atoms with E-state index < -0.39 is 0 Å². The first-order valence-electron chi connectivity index (χ1n) is 4.18. The van der Waals surface area contributed by atoms with E-state index in [9.17, 15) is 4.79 Å². The highest BCUT2D eigenvalue weighted by Crippen LogP contribution is 1.97. The lowest BCUT2D eigenvalue weighted by molar-refractivity contribution is -0.129. The van der Waals surface area contributed by atoms with Gasteiger partial charge in [0, 0.05) is 20.0 Å². The number of carbonyl (C=O) groups excluding carboxylic acids is 1. The average molecular weight is 187 g/mol. The van der Waals surface area contributed by atoms with Crippen LogP contribution in [0.3, 0.4) is 0 Å². The van der Waals surface area contributed by atoms with Crippen LogP contribution in [-0.4, -0.2) is 30.2 Å². The van der Waals surface area contributed by atoms with Crippen molar-refractivity contribution < 1.29 is 4.79 Å². The maximum Gasteiger partial charge on any atom is 0.223 e. The molecular weight excluding hydrogens is 170 g/mol. The molecule has 0 heterocycles. The van der Waals surface area contributed by atoms with E-state index in [-0.39, 0.29) is 5.91 Å². The average Bonchev–Trinajstić information content (AvgIpc) is 2.05. The first kappa shape index (κ1) is 11.6. The molecule has 0 N–H and O–H groups in total. The second kappa shape index (κ2) is 7.22. The predicted molar refractivity (Wildman–Crippen MR) is 55.5 cm³/mol. The van der Waals surface area contributed by atoms with Crippen molar-refractivity contribution in [1.82, 2.24) is 4.90 Å². The van der Waals surface area contributed by atoms with Gasteiger partial charge in [0.05, 0.1) is 0 Å². The first-order valence-corrected chi connectivity index (χ1v) is 4.81. The first-order chi connectivity index (χ1) is 5.72. The van der Waals surface area contributed by atoms with Crippen molar-refractivity contribution in [2.24, 2.45) is 0 Å². The summed E-state index contributed by atoms with van der Waals surface area (Å²) in [6.07, 6.45) is 4.38. The lowest BCUT2D eigenvalue weighted by Crippen LogP contribution is -2.27. The molecule has 0 aromatic rings. The van der Waals surface area contributed by atoms with Crippen molar-refractivity contribution in [2.75, 3.05) is 19.3 Å². The van der Waals surface area contributed by atoms with Crippen LogP contribution < -0.4 is 0 Å². The quantitative estimate of drug-likeness (QED) is 0.381. The molecule has 0 saturated heterocycles. The smallest absolute Gasteiger partial charge is 0.223 e. The standard InChI is InChI=1S/C9H17NOS/c1-3-4-5-7-10(2)9(11)6-8-12/h3,12H,1,4-8H2,2H3. The molecule has 0 spiro atoms. The third kappa shape index (κ3) is 5.24. The van der Waals surface area contributed by atoms with Crippen LogP contribution in [0.15, 0.2) is 12.7 Å². The van der Waals surface area contributed by atoms with Gasteiger partial charge in [-0.2, -0.15) is 12.6 Å². The van der Waals surface area contributed by atoms with Crippen LogP contribution in [0, 0.1) is 0 Å². The van der Waals surface area contributed by atoms with Crippen molar-refractivity contribution >= 4 is 18.5 Å². The Kier molecular flexibility index (Phi) is 6.96. The second-order valence-corrected chi connectivity index (χ2v) is 3.17. The number of hydrogen-bond acceptors (Lipinski definition) is 2. The normalized spacial score (nSPS) is 9.50. The van der Waals surface area contributed by atoms with E-state index in [4.69, 9.17) is 0 Å². The molecule has 70 valence electrons. The lowest BCUT2D eigenvalue weighted by atomic mass is 10.3. The Bertz CT molecular complexity index is 147. The van der Waals surface area contributed by atoms with Gasteiger partial charge in [-0.15, -0.1) is 6.58 Å². The Morgan fingerprint density at radius 3 is 2.83 bits per heavy atom. The van der Waals surface area contributed by atoms with Crippen molar-refractivity contribution in [3.05, 3.63) is 12.7 Å². The van der Waals surface area contributed by atoms with Crippen molar-refractivity contribution in [2.45, 2.75) is 19.3 Å². The Morgan fingerprint density at radius 2 is 2.33 bits per heavy atom. The molecule has 0 fully saturated rings. The predicted octanol–water partition coefficient (Wildman–Crippen LogP) is 1.73. The molecule has 0 rings (SSSR count). The molecule has 0 aliphatic carbocycles. The number of thiol groups is 1. The summed E-state index contributed by atoms with van der Waals surface area (Å²) in [6.45, 7) is 4.44. The molecule has 0 aromatic carbocycles. The molecule has 2 nitrogen and oxygen atoms in total. The largest absolute Gasteiger partial charge is 0.346 e. The van der Waals surface area contributed by atoms with E-state index in [1.165, 1.54) is 0 Å². The van der Waals surface area contributed by atoms with Gasteiger partial charge < -0.3 is 4.90 Å². The number of allylic oxidation sites excluding steroid dienone is 1. The fourth-order valence-electron chi connectivity index (χ4n) is 0.884. The zero-order valence-electron chi connectivity index (χ0n) is 7.62. The minimum Gasteiger partial charge on any atom is -0.346 e. The molecule has 0 bridgehead atoms. The fourth-order valence-corrected chi connectivity index (χ4v) is 1.08. The van der Waals surface area contributed by atoms with Crippen LogP contribution in [-0.2, 0) is 4.79 Å². The molecular formula is C9H17NOS. The second-order valence-electron chi connectivity index (χ2n) is 2.72. The van der Waals surface area contributed by atoms with E-state index in [0.29, 0.717) is 12.2 Å². The van der Waals surface area contributed by atoms with Gasteiger partial charge >= 0.3 is 0 Å². The number of hydrogen-bond donors (Lipinski definition) is 1. The molecule has 0 atom stereocenters. The topological polar surface area (TPSA) is 20.3 Å². The highest BCUT2D eigenvalue weighted by molar-refractivity contribution is 7.80. The number of carbonyl (C=O) groups is 1. The maximum atomic E-state index is 11.2. The molecule has 3 heteroatoms.